The smallest absolute Gasteiger partial charge is 0.270 e. The lowest BCUT2D eigenvalue weighted by molar-refractivity contribution is -0.384. The van der Waals surface area contributed by atoms with E-state index in [1.165, 1.54) is 30.0 Å². The van der Waals surface area contributed by atoms with E-state index in [9.17, 15) is 14.9 Å². The van der Waals surface area contributed by atoms with Gasteiger partial charge in [0.25, 0.3) is 11.6 Å². The van der Waals surface area contributed by atoms with Crippen LogP contribution in [0, 0.1) is 10.1 Å². The van der Waals surface area contributed by atoms with E-state index in [0.717, 1.165) is 5.69 Å². The van der Waals surface area contributed by atoms with Crippen LogP contribution in [-0.2, 0) is 9.53 Å². The first-order valence-corrected chi connectivity index (χ1v) is 11.5. The van der Waals surface area contributed by atoms with Crippen molar-refractivity contribution in [2.75, 3.05) is 20.3 Å². The largest absolute Gasteiger partial charge is 0.457 e. The van der Waals surface area contributed by atoms with E-state index in [4.69, 9.17) is 20.8 Å². The highest BCUT2D eigenvalue weighted by atomic mass is 35.5. The van der Waals surface area contributed by atoms with Crippen LogP contribution in [0.5, 0.6) is 0 Å². The first-order valence-electron chi connectivity index (χ1n) is 10.3. The molecule has 1 aromatic heterocycles. The SMILES string of the molecule is COCCCN1C(=O)/C(=C/c2ccc(-c3cc([N+](=O)[O-])ccc3Cl)o2)SC1=Nc1ccccc1. The molecule has 4 rings (SSSR count). The summed E-state index contributed by atoms with van der Waals surface area (Å²) in [6.07, 6.45) is 2.30. The van der Waals surface area contributed by atoms with Gasteiger partial charge in [0.15, 0.2) is 5.17 Å². The molecule has 0 atom stereocenters. The molecule has 0 bridgehead atoms. The quantitative estimate of drug-likeness (QED) is 0.160. The number of halogens is 1. The molecule has 3 aromatic rings. The molecule has 0 unspecified atom stereocenters. The zero-order chi connectivity index (χ0) is 24.1. The fraction of sp³-hybridized carbons (Fsp3) is 0.167. The van der Waals surface area contributed by atoms with Crippen molar-refractivity contribution in [3.05, 3.63) is 86.5 Å². The summed E-state index contributed by atoms with van der Waals surface area (Å²) in [7, 11) is 1.62. The summed E-state index contributed by atoms with van der Waals surface area (Å²) < 4.78 is 11.0. The Bertz CT molecular complexity index is 1270. The standard InChI is InChI=1S/C24H20ClN3O5S/c1-32-13-5-12-27-23(29)22(34-24(27)26-16-6-3-2-4-7-16)15-18-9-11-21(33-18)19-14-17(28(30)31)8-10-20(19)25/h2-4,6-11,14-15H,5,12-13H2,1H3/b22-15-,26-24?. The summed E-state index contributed by atoms with van der Waals surface area (Å²) in [5.74, 6) is 0.611. The molecular formula is C24H20ClN3O5S. The fourth-order valence-corrected chi connectivity index (χ4v) is 4.50. The summed E-state index contributed by atoms with van der Waals surface area (Å²) in [5, 5.41) is 12.0. The number of non-ortho nitro benzene ring substituents is 1. The maximum Gasteiger partial charge on any atom is 0.270 e. The molecule has 174 valence electrons. The van der Waals surface area contributed by atoms with E-state index in [-0.39, 0.29) is 11.6 Å². The minimum Gasteiger partial charge on any atom is -0.457 e. The number of nitrogens with zero attached hydrogens (tertiary/aromatic N) is 3. The summed E-state index contributed by atoms with van der Waals surface area (Å²) in [4.78, 5) is 30.5. The highest BCUT2D eigenvalue weighted by Crippen LogP contribution is 2.36. The summed E-state index contributed by atoms with van der Waals surface area (Å²) in [6.45, 7) is 0.993. The first kappa shape index (κ1) is 23.7. The predicted molar refractivity (Wildman–Crippen MR) is 133 cm³/mol. The molecule has 1 aliphatic heterocycles. The van der Waals surface area contributed by atoms with Gasteiger partial charge in [-0.1, -0.05) is 29.8 Å². The van der Waals surface area contributed by atoms with Crippen molar-refractivity contribution in [2.45, 2.75) is 6.42 Å². The number of rotatable bonds is 8. The Morgan fingerprint density at radius 3 is 2.74 bits per heavy atom. The molecule has 34 heavy (non-hydrogen) atoms. The predicted octanol–water partition coefficient (Wildman–Crippen LogP) is 6.15. The molecule has 1 aliphatic rings. The van der Waals surface area contributed by atoms with Crippen LogP contribution in [0.3, 0.4) is 0 Å². The van der Waals surface area contributed by atoms with Gasteiger partial charge < -0.3 is 9.15 Å². The number of carbonyl (C=O) groups excluding carboxylic acids is 1. The molecule has 0 aliphatic carbocycles. The molecule has 0 N–H and O–H groups in total. The van der Waals surface area contributed by atoms with Gasteiger partial charge in [-0.3, -0.25) is 19.8 Å². The van der Waals surface area contributed by atoms with Gasteiger partial charge in [0.2, 0.25) is 0 Å². The van der Waals surface area contributed by atoms with Crippen LogP contribution < -0.4 is 0 Å². The maximum absolute atomic E-state index is 13.1. The lowest BCUT2D eigenvalue weighted by atomic mass is 10.1. The normalized spacial score (nSPS) is 16.1. The number of benzene rings is 2. The number of thioether (sulfide) groups is 1. The van der Waals surface area contributed by atoms with Crippen molar-refractivity contribution in [2.24, 2.45) is 4.99 Å². The third-order valence-electron chi connectivity index (χ3n) is 4.93. The Morgan fingerprint density at radius 2 is 2.00 bits per heavy atom. The number of amidine groups is 1. The Kier molecular flexibility index (Phi) is 7.46. The molecule has 2 heterocycles. The summed E-state index contributed by atoms with van der Waals surface area (Å²) in [5.41, 5.74) is 1.06. The highest BCUT2D eigenvalue weighted by molar-refractivity contribution is 8.18. The van der Waals surface area contributed by atoms with Crippen molar-refractivity contribution < 1.29 is 18.9 Å². The maximum atomic E-state index is 13.1. The van der Waals surface area contributed by atoms with Gasteiger partial charge in [-0.2, -0.15) is 0 Å². The second-order valence-corrected chi connectivity index (χ2v) is 8.68. The number of carbonyl (C=O) groups is 1. The topological polar surface area (TPSA) is 98.2 Å². The molecule has 2 aromatic carbocycles. The molecule has 1 amide bonds. The van der Waals surface area contributed by atoms with Gasteiger partial charge in [-0.25, -0.2) is 4.99 Å². The van der Waals surface area contributed by atoms with Gasteiger partial charge in [0.05, 0.1) is 20.5 Å². The third kappa shape index (κ3) is 5.39. The zero-order valence-electron chi connectivity index (χ0n) is 18.1. The van der Waals surface area contributed by atoms with Crippen LogP contribution >= 0.6 is 23.4 Å². The van der Waals surface area contributed by atoms with Gasteiger partial charge in [0, 0.05) is 44.0 Å². The van der Waals surface area contributed by atoms with Crippen LogP contribution in [0.1, 0.15) is 12.2 Å². The van der Waals surface area contributed by atoms with Crippen LogP contribution in [0.25, 0.3) is 17.4 Å². The monoisotopic (exact) mass is 497 g/mol. The van der Waals surface area contributed by atoms with E-state index in [1.807, 2.05) is 30.3 Å². The molecule has 1 fully saturated rings. The molecule has 0 radical (unpaired) electrons. The van der Waals surface area contributed by atoms with Crippen molar-refractivity contribution in [1.29, 1.82) is 0 Å². The molecule has 0 saturated carbocycles. The minimum atomic E-state index is -0.495. The number of para-hydroxylation sites is 1. The fourth-order valence-electron chi connectivity index (χ4n) is 3.29. The lowest BCUT2D eigenvalue weighted by Crippen LogP contribution is -2.30. The van der Waals surface area contributed by atoms with Crippen LogP contribution in [-0.4, -0.2) is 41.2 Å². The van der Waals surface area contributed by atoms with Gasteiger partial charge in [-0.15, -0.1) is 0 Å². The summed E-state index contributed by atoms with van der Waals surface area (Å²) in [6, 6.07) is 16.9. The Hall–Kier alpha value is -3.40. The second-order valence-electron chi connectivity index (χ2n) is 7.27. The number of methoxy groups -OCH3 is 1. The van der Waals surface area contributed by atoms with Gasteiger partial charge in [0.1, 0.15) is 11.5 Å². The van der Waals surface area contributed by atoms with E-state index in [0.29, 0.717) is 51.8 Å². The van der Waals surface area contributed by atoms with Crippen LogP contribution in [0.4, 0.5) is 11.4 Å². The number of ether oxygens (including phenoxy) is 1. The molecule has 0 spiro atoms. The van der Waals surface area contributed by atoms with E-state index in [2.05, 4.69) is 4.99 Å². The number of furan rings is 1. The summed E-state index contributed by atoms with van der Waals surface area (Å²) >= 11 is 7.49. The van der Waals surface area contributed by atoms with Crippen molar-refractivity contribution >= 4 is 51.9 Å². The number of hydrogen-bond donors (Lipinski definition) is 0. The second kappa shape index (κ2) is 10.7. The Balaban J connectivity index is 1.62. The molecule has 8 nitrogen and oxygen atoms in total. The van der Waals surface area contributed by atoms with Crippen molar-refractivity contribution in [1.82, 2.24) is 4.90 Å². The minimum absolute atomic E-state index is 0.0919. The van der Waals surface area contributed by atoms with Crippen LogP contribution in [0.2, 0.25) is 5.02 Å². The van der Waals surface area contributed by atoms with Gasteiger partial charge in [-0.05, 0) is 48.5 Å². The zero-order valence-corrected chi connectivity index (χ0v) is 19.7. The number of aliphatic imine (C=N–C) groups is 1. The molecule has 1 saturated heterocycles. The Morgan fingerprint density at radius 1 is 1.21 bits per heavy atom. The highest BCUT2D eigenvalue weighted by Gasteiger charge is 2.33. The van der Waals surface area contributed by atoms with E-state index in [1.54, 1.807) is 30.2 Å². The lowest BCUT2D eigenvalue weighted by Gasteiger charge is -2.15. The number of nitro groups is 1. The van der Waals surface area contributed by atoms with E-state index >= 15 is 0 Å². The Labute approximate surface area is 205 Å². The third-order valence-corrected chi connectivity index (χ3v) is 6.26. The number of hydrogen-bond acceptors (Lipinski definition) is 7. The van der Waals surface area contributed by atoms with Crippen molar-refractivity contribution in [3.63, 3.8) is 0 Å². The van der Waals surface area contributed by atoms with Gasteiger partial charge >= 0.3 is 0 Å². The average Bonchev–Trinajstić information content (AvgIpc) is 3.40. The molecular weight excluding hydrogens is 478 g/mol. The number of amides is 1. The van der Waals surface area contributed by atoms with E-state index < -0.39 is 4.92 Å². The van der Waals surface area contributed by atoms with Crippen LogP contribution in [0.15, 0.2) is 75.0 Å². The number of nitro benzene ring substituents is 1. The molecule has 10 heteroatoms. The van der Waals surface area contributed by atoms with Crippen molar-refractivity contribution in [3.8, 4) is 11.3 Å². The average molecular weight is 498 g/mol. The first-order chi connectivity index (χ1) is 16.5.